The molecule has 108 valence electrons. The molecular formula is C18H10N4S. The van der Waals surface area contributed by atoms with Crippen molar-refractivity contribution < 1.29 is 0 Å². The van der Waals surface area contributed by atoms with Crippen LogP contribution in [-0.4, -0.2) is 20.4 Å². The average molecular weight is 314 g/mol. The van der Waals surface area contributed by atoms with Crippen molar-refractivity contribution >= 4 is 42.4 Å². The van der Waals surface area contributed by atoms with Crippen molar-refractivity contribution in [1.29, 1.82) is 0 Å². The Kier molecular flexibility index (Phi) is 2.63. The standard InChI is InChI=1S/C18H10N4S/c1-2-5-12-9-19-14(8-11(12)4-1)13-6-3-7-15-17(13)18-16(23-15)10-20-22-21-18/h1-10H. The van der Waals surface area contributed by atoms with Gasteiger partial charge in [0.25, 0.3) is 0 Å². The first-order valence-electron chi connectivity index (χ1n) is 7.25. The summed E-state index contributed by atoms with van der Waals surface area (Å²) in [6.07, 6.45) is 3.69. The van der Waals surface area contributed by atoms with E-state index in [9.17, 15) is 0 Å². The Hall–Kier alpha value is -2.92. The molecule has 0 amide bonds. The van der Waals surface area contributed by atoms with Gasteiger partial charge < -0.3 is 0 Å². The molecular weight excluding hydrogens is 304 g/mol. The van der Waals surface area contributed by atoms with E-state index in [1.54, 1.807) is 17.5 Å². The van der Waals surface area contributed by atoms with Gasteiger partial charge in [-0.3, -0.25) is 4.98 Å². The summed E-state index contributed by atoms with van der Waals surface area (Å²) < 4.78 is 2.22. The highest BCUT2D eigenvalue weighted by Crippen LogP contribution is 2.38. The number of aromatic nitrogens is 4. The lowest BCUT2D eigenvalue weighted by molar-refractivity contribution is 0.899. The Morgan fingerprint density at radius 1 is 0.826 bits per heavy atom. The van der Waals surface area contributed by atoms with Gasteiger partial charge in [0.05, 0.1) is 16.6 Å². The van der Waals surface area contributed by atoms with Crippen LogP contribution >= 0.6 is 11.3 Å². The number of pyridine rings is 1. The summed E-state index contributed by atoms with van der Waals surface area (Å²) in [6.45, 7) is 0. The molecule has 3 aromatic heterocycles. The normalized spacial score (nSPS) is 11.5. The fraction of sp³-hybridized carbons (Fsp3) is 0. The highest BCUT2D eigenvalue weighted by atomic mass is 32.1. The van der Waals surface area contributed by atoms with Gasteiger partial charge in [0, 0.05) is 27.2 Å². The lowest BCUT2D eigenvalue weighted by Crippen LogP contribution is -1.87. The highest BCUT2D eigenvalue weighted by molar-refractivity contribution is 7.25. The van der Waals surface area contributed by atoms with Crippen LogP contribution in [-0.2, 0) is 0 Å². The summed E-state index contributed by atoms with van der Waals surface area (Å²) in [7, 11) is 0. The number of hydrogen-bond acceptors (Lipinski definition) is 5. The number of benzene rings is 2. The SMILES string of the molecule is c1ccc2cc(-c3cccc4sc5cnnnc5c34)ncc2c1. The summed E-state index contributed by atoms with van der Waals surface area (Å²) in [5.41, 5.74) is 2.93. The fourth-order valence-corrected chi connectivity index (χ4v) is 3.96. The van der Waals surface area contributed by atoms with Crippen molar-refractivity contribution in [2.75, 3.05) is 0 Å². The van der Waals surface area contributed by atoms with Crippen LogP contribution in [0.15, 0.2) is 60.9 Å². The summed E-state index contributed by atoms with van der Waals surface area (Å²) >= 11 is 1.68. The number of rotatable bonds is 1. The molecule has 0 radical (unpaired) electrons. The molecule has 3 heterocycles. The van der Waals surface area contributed by atoms with E-state index in [0.29, 0.717) is 0 Å². The first-order chi connectivity index (χ1) is 11.4. The lowest BCUT2D eigenvalue weighted by atomic mass is 10.0. The summed E-state index contributed by atoms with van der Waals surface area (Å²) in [5, 5.41) is 15.4. The molecule has 0 unspecified atom stereocenters. The molecule has 23 heavy (non-hydrogen) atoms. The molecule has 0 saturated carbocycles. The Morgan fingerprint density at radius 3 is 2.70 bits per heavy atom. The molecule has 0 aliphatic carbocycles. The van der Waals surface area contributed by atoms with Crippen LogP contribution < -0.4 is 0 Å². The smallest absolute Gasteiger partial charge is 0.116 e. The molecule has 5 heteroatoms. The Labute approximate surface area is 135 Å². The van der Waals surface area contributed by atoms with Gasteiger partial charge in [0.15, 0.2) is 0 Å². The third kappa shape index (κ3) is 1.90. The molecule has 4 nitrogen and oxygen atoms in total. The largest absolute Gasteiger partial charge is 0.256 e. The minimum absolute atomic E-state index is 0.894. The van der Waals surface area contributed by atoms with Crippen LogP contribution in [0.1, 0.15) is 0 Å². The fourth-order valence-electron chi connectivity index (χ4n) is 2.93. The molecule has 5 rings (SSSR count). The van der Waals surface area contributed by atoms with E-state index in [0.717, 1.165) is 32.2 Å². The van der Waals surface area contributed by atoms with E-state index in [4.69, 9.17) is 0 Å². The molecule has 0 bridgehead atoms. The molecule has 5 aromatic rings. The van der Waals surface area contributed by atoms with Crippen molar-refractivity contribution in [2.45, 2.75) is 0 Å². The molecule has 0 aliphatic heterocycles. The van der Waals surface area contributed by atoms with E-state index in [-0.39, 0.29) is 0 Å². The molecule has 0 spiro atoms. The first-order valence-corrected chi connectivity index (χ1v) is 8.06. The van der Waals surface area contributed by atoms with Gasteiger partial charge in [-0.25, -0.2) is 0 Å². The number of thiophene rings is 1. The maximum atomic E-state index is 4.65. The van der Waals surface area contributed by atoms with Crippen molar-refractivity contribution in [2.24, 2.45) is 0 Å². The third-order valence-electron chi connectivity index (χ3n) is 3.99. The molecule has 0 N–H and O–H groups in total. The molecule has 0 aliphatic rings. The zero-order valence-corrected chi connectivity index (χ0v) is 12.8. The van der Waals surface area contributed by atoms with Gasteiger partial charge in [0.1, 0.15) is 5.52 Å². The van der Waals surface area contributed by atoms with E-state index < -0.39 is 0 Å². The van der Waals surface area contributed by atoms with Gasteiger partial charge in [-0.15, -0.1) is 21.5 Å². The van der Waals surface area contributed by atoms with Gasteiger partial charge in [-0.05, 0) is 22.7 Å². The van der Waals surface area contributed by atoms with Crippen LogP contribution in [0, 0.1) is 0 Å². The van der Waals surface area contributed by atoms with Crippen molar-refractivity contribution in [3.63, 3.8) is 0 Å². The Morgan fingerprint density at radius 2 is 1.74 bits per heavy atom. The number of nitrogens with zero attached hydrogens (tertiary/aromatic N) is 4. The predicted octanol–water partition coefficient (Wildman–Crippen LogP) is 4.45. The second-order valence-electron chi connectivity index (χ2n) is 5.34. The van der Waals surface area contributed by atoms with E-state index in [2.05, 4.69) is 56.8 Å². The minimum Gasteiger partial charge on any atom is -0.256 e. The van der Waals surface area contributed by atoms with E-state index in [1.165, 1.54) is 10.1 Å². The summed E-state index contributed by atoms with van der Waals surface area (Å²) in [4.78, 5) is 4.65. The van der Waals surface area contributed by atoms with Crippen LogP contribution in [0.4, 0.5) is 0 Å². The second kappa shape index (κ2) is 4.79. The topological polar surface area (TPSA) is 51.6 Å². The van der Waals surface area contributed by atoms with Crippen molar-refractivity contribution in [1.82, 2.24) is 20.4 Å². The molecule has 2 aromatic carbocycles. The maximum absolute atomic E-state index is 4.65. The Bertz CT molecular complexity index is 1180. The van der Waals surface area contributed by atoms with Gasteiger partial charge >= 0.3 is 0 Å². The lowest BCUT2D eigenvalue weighted by Gasteiger charge is -2.05. The second-order valence-corrected chi connectivity index (χ2v) is 6.43. The van der Waals surface area contributed by atoms with Crippen molar-refractivity contribution in [3.8, 4) is 11.3 Å². The van der Waals surface area contributed by atoms with Crippen LogP contribution in [0.3, 0.4) is 0 Å². The molecule has 0 atom stereocenters. The minimum atomic E-state index is 0.894. The molecule has 0 fully saturated rings. The maximum Gasteiger partial charge on any atom is 0.116 e. The third-order valence-corrected chi connectivity index (χ3v) is 5.07. The number of hydrogen-bond donors (Lipinski definition) is 0. The quantitative estimate of drug-likeness (QED) is 0.458. The zero-order valence-electron chi connectivity index (χ0n) is 12.0. The zero-order chi connectivity index (χ0) is 15.2. The van der Waals surface area contributed by atoms with E-state index in [1.807, 2.05) is 18.3 Å². The predicted molar refractivity (Wildman–Crippen MR) is 93.5 cm³/mol. The van der Waals surface area contributed by atoms with Crippen LogP contribution in [0.5, 0.6) is 0 Å². The van der Waals surface area contributed by atoms with Gasteiger partial charge in [-0.1, -0.05) is 36.4 Å². The highest BCUT2D eigenvalue weighted by Gasteiger charge is 2.13. The van der Waals surface area contributed by atoms with Crippen LogP contribution in [0.2, 0.25) is 0 Å². The molecule has 0 saturated heterocycles. The monoisotopic (exact) mass is 314 g/mol. The summed E-state index contributed by atoms with van der Waals surface area (Å²) in [6, 6.07) is 16.6. The summed E-state index contributed by atoms with van der Waals surface area (Å²) in [5.74, 6) is 0. The van der Waals surface area contributed by atoms with Crippen molar-refractivity contribution in [3.05, 3.63) is 60.9 Å². The van der Waals surface area contributed by atoms with Gasteiger partial charge in [0.2, 0.25) is 0 Å². The first kappa shape index (κ1) is 12.6. The Balaban J connectivity index is 1.87. The average Bonchev–Trinajstić information content (AvgIpc) is 3.00. The number of fused-ring (bicyclic) bond motifs is 4. The van der Waals surface area contributed by atoms with Crippen LogP contribution in [0.25, 0.3) is 42.3 Å². The van der Waals surface area contributed by atoms with Gasteiger partial charge in [-0.2, -0.15) is 0 Å². The van der Waals surface area contributed by atoms with E-state index >= 15 is 0 Å².